The van der Waals surface area contributed by atoms with Gasteiger partial charge in [-0.2, -0.15) is 5.26 Å². The summed E-state index contributed by atoms with van der Waals surface area (Å²) in [5.74, 6) is 0.482. The average molecular weight is 305 g/mol. The summed E-state index contributed by atoms with van der Waals surface area (Å²) >= 11 is 0. The summed E-state index contributed by atoms with van der Waals surface area (Å²) in [5, 5.41) is 20.1. The maximum absolute atomic E-state index is 9.98. The molecular formula is C18H15N3O2. The van der Waals surface area contributed by atoms with Crippen molar-refractivity contribution in [1.82, 2.24) is 4.98 Å². The largest absolute Gasteiger partial charge is 0.504 e. The number of aromatic nitrogens is 1. The van der Waals surface area contributed by atoms with E-state index in [-0.39, 0.29) is 5.75 Å². The van der Waals surface area contributed by atoms with Crippen molar-refractivity contribution in [3.8, 4) is 17.6 Å². The van der Waals surface area contributed by atoms with Crippen LogP contribution in [0.4, 0.5) is 11.4 Å². The van der Waals surface area contributed by atoms with E-state index < -0.39 is 0 Å². The summed E-state index contributed by atoms with van der Waals surface area (Å²) in [4.78, 5) is 6.22. The van der Waals surface area contributed by atoms with Gasteiger partial charge in [0.25, 0.3) is 0 Å². The molecule has 0 amide bonds. The number of phenolic OH excluding ortho intramolecular Hbond substituents is 1. The van der Waals surface area contributed by atoms with Gasteiger partial charge in [-0.3, -0.25) is 0 Å². The fraction of sp³-hybridized carbons (Fsp3) is 0.111. The SMILES string of the molecule is COc1ccc(N(C)c2cc(C#N)nc3ccccc23)cc1O. The second-order valence-corrected chi connectivity index (χ2v) is 5.07. The second kappa shape index (κ2) is 5.85. The van der Waals surface area contributed by atoms with Gasteiger partial charge in [-0.1, -0.05) is 18.2 Å². The molecule has 0 aliphatic carbocycles. The van der Waals surface area contributed by atoms with Crippen LogP contribution in [0.5, 0.6) is 11.5 Å². The highest BCUT2D eigenvalue weighted by atomic mass is 16.5. The number of hydrogen-bond donors (Lipinski definition) is 1. The number of nitrogens with zero attached hydrogens (tertiary/aromatic N) is 3. The minimum atomic E-state index is 0.0655. The standard InChI is InChI=1S/C18H15N3O2/c1-21(13-7-8-18(23-2)17(22)10-13)16-9-12(11-19)20-15-6-4-3-5-14(15)16/h3-10,22H,1-2H3. The Morgan fingerprint density at radius 1 is 1.17 bits per heavy atom. The highest BCUT2D eigenvalue weighted by Crippen LogP contribution is 2.35. The first-order valence-corrected chi connectivity index (χ1v) is 7.04. The van der Waals surface area contributed by atoms with Crippen molar-refractivity contribution in [2.45, 2.75) is 0 Å². The minimum Gasteiger partial charge on any atom is -0.504 e. The number of para-hydroxylation sites is 1. The lowest BCUT2D eigenvalue weighted by atomic mass is 10.1. The van der Waals surface area contributed by atoms with E-state index in [1.54, 1.807) is 18.2 Å². The quantitative estimate of drug-likeness (QED) is 0.801. The average Bonchev–Trinajstić information content (AvgIpc) is 2.60. The van der Waals surface area contributed by atoms with Gasteiger partial charge in [-0.25, -0.2) is 4.98 Å². The van der Waals surface area contributed by atoms with Gasteiger partial charge in [0.05, 0.1) is 18.3 Å². The Bertz CT molecular complexity index is 916. The predicted octanol–water partition coefficient (Wildman–Crippen LogP) is 3.59. The van der Waals surface area contributed by atoms with E-state index in [2.05, 4.69) is 11.1 Å². The number of ether oxygens (including phenoxy) is 1. The molecule has 3 rings (SSSR count). The topological polar surface area (TPSA) is 69.4 Å². The molecule has 0 unspecified atom stereocenters. The smallest absolute Gasteiger partial charge is 0.160 e. The van der Waals surface area contributed by atoms with Gasteiger partial charge < -0.3 is 14.7 Å². The lowest BCUT2D eigenvalue weighted by molar-refractivity contribution is 0.373. The number of fused-ring (bicyclic) bond motifs is 1. The molecule has 1 heterocycles. The Kier molecular flexibility index (Phi) is 3.73. The molecule has 3 aromatic rings. The number of rotatable bonds is 3. The third-order valence-electron chi connectivity index (χ3n) is 3.72. The Hall–Kier alpha value is -3.26. The first-order chi connectivity index (χ1) is 11.1. The minimum absolute atomic E-state index is 0.0655. The fourth-order valence-electron chi connectivity index (χ4n) is 2.52. The van der Waals surface area contributed by atoms with Crippen molar-refractivity contribution in [3.63, 3.8) is 0 Å². The first-order valence-electron chi connectivity index (χ1n) is 7.04. The van der Waals surface area contributed by atoms with Crippen molar-refractivity contribution in [2.75, 3.05) is 19.1 Å². The third-order valence-corrected chi connectivity index (χ3v) is 3.72. The number of benzene rings is 2. The van der Waals surface area contributed by atoms with Gasteiger partial charge >= 0.3 is 0 Å². The van der Waals surface area contributed by atoms with Gasteiger partial charge in [0.1, 0.15) is 11.8 Å². The molecule has 114 valence electrons. The van der Waals surface area contributed by atoms with Crippen LogP contribution in [0, 0.1) is 11.3 Å². The van der Waals surface area contributed by atoms with Gasteiger partial charge in [0, 0.05) is 24.2 Å². The van der Waals surface area contributed by atoms with Crippen LogP contribution in [0.1, 0.15) is 5.69 Å². The van der Waals surface area contributed by atoms with E-state index >= 15 is 0 Å². The van der Waals surface area contributed by atoms with E-state index in [1.165, 1.54) is 7.11 Å². The highest BCUT2D eigenvalue weighted by molar-refractivity contribution is 5.94. The van der Waals surface area contributed by atoms with Gasteiger partial charge in [-0.15, -0.1) is 0 Å². The Labute approximate surface area is 134 Å². The lowest BCUT2D eigenvalue weighted by Crippen LogP contribution is -2.10. The molecule has 0 aliphatic rings. The van der Waals surface area contributed by atoms with Crippen LogP contribution >= 0.6 is 0 Å². The maximum Gasteiger partial charge on any atom is 0.160 e. The van der Waals surface area contributed by atoms with E-state index in [0.29, 0.717) is 11.4 Å². The first kappa shape index (κ1) is 14.7. The zero-order valence-electron chi connectivity index (χ0n) is 12.8. The van der Waals surface area contributed by atoms with Crippen LogP contribution < -0.4 is 9.64 Å². The lowest BCUT2D eigenvalue weighted by Gasteiger charge is -2.22. The molecule has 0 aliphatic heterocycles. The molecule has 0 saturated heterocycles. The highest BCUT2D eigenvalue weighted by Gasteiger charge is 2.13. The van der Waals surface area contributed by atoms with Crippen LogP contribution in [-0.4, -0.2) is 24.2 Å². The Morgan fingerprint density at radius 3 is 2.65 bits per heavy atom. The normalized spacial score (nSPS) is 10.3. The Balaban J connectivity index is 2.15. The number of hydrogen-bond acceptors (Lipinski definition) is 5. The number of aromatic hydroxyl groups is 1. The molecule has 0 radical (unpaired) electrons. The molecule has 0 saturated carbocycles. The summed E-state index contributed by atoms with van der Waals surface area (Å²) in [5.41, 5.74) is 2.73. The van der Waals surface area contributed by atoms with Gasteiger partial charge in [-0.05, 0) is 24.3 Å². The van der Waals surface area contributed by atoms with Crippen LogP contribution in [0.15, 0.2) is 48.5 Å². The van der Waals surface area contributed by atoms with Crippen molar-refractivity contribution in [3.05, 3.63) is 54.2 Å². The molecule has 1 aromatic heterocycles. The number of phenols is 1. The Morgan fingerprint density at radius 2 is 1.96 bits per heavy atom. The van der Waals surface area contributed by atoms with E-state index in [0.717, 1.165) is 22.3 Å². The van der Waals surface area contributed by atoms with E-state index in [1.807, 2.05) is 42.3 Å². The third kappa shape index (κ3) is 2.62. The van der Waals surface area contributed by atoms with Crippen LogP contribution in [0.2, 0.25) is 0 Å². The second-order valence-electron chi connectivity index (χ2n) is 5.07. The van der Waals surface area contributed by atoms with Crippen molar-refractivity contribution < 1.29 is 9.84 Å². The number of nitriles is 1. The monoisotopic (exact) mass is 305 g/mol. The molecule has 2 aromatic carbocycles. The summed E-state index contributed by atoms with van der Waals surface area (Å²) in [6, 6.07) is 16.7. The molecule has 23 heavy (non-hydrogen) atoms. The molecule has 0 spiro atoms. The van der Waals surface area contributed by atoms with Crippen LogP contribution in [-0.2, 0) is 0 Å². The molecule has 0 bridgehead atoms. The number of pyridine rings is 1. The molecule has 1 N–H and O–H groups in total. The summed E-state index contributed by atoms with van der Waals surface area (Å²) in [6.45, 7) is 0. The van der Waals surface area contributed by atoms with Crippen LogP contribution in [0.25, 0.3) is 10.9 Å². The molecule has 0 atom stereocenters. The van der Waals surface area contributed by atoms with Gasteiger partial charge in [0.2, 0.25) is 0 Å². The maximum atomic E-state index is 9.98. The van der Waals surface area contributed by atoms with Crippen molar-refractivity contribution in [2.24, 2.45) is 0 Å². The molecular weight excluding hydrogens is 290 g/mol. The molecule has 5 heteroatoms. The molecule has 0 fully saturated rings. The molecule has 5 nitrogen and oxygen atoms in total. The summed E-state index contributed by atoms with van der Waals surface area (Å²) < 4.78 is 5.07. The van der Waals surface area contributed by atoms with Crippen LogP contribution in [0.3, 0.4) is 0 Å². The van der Waals surface area contributed by atoms with E-state index in [4.69, 9.17) is 4.74 Å². The van der Waals surface area contributed by atoms with Crippen molar-refractivity contribution >= 4 is 22.3 Å². The fourth-order valence-corrected chi connectivity index (χ4v) is 2.52. The van der Waals surface area contributed by atoms with E-state index in [9.17, 15) is 10.4 Å². The van der Waals surface area contributed by atoms with Crippen molar-refractivity contribution in [1.29, 1.82) is 5.26 Å². The summed E-state index contributed by atoms with van der Waals surface area (Å²) in [7, 11) is 3.39. The zero-order valence-corrected chi connectivity index (χ0v) is 12.8. The predicted molar refractivity (Wildman–Crippen MR) is 89.2 cm³/mol. The number of methoxy groups -OCH3 is 1. The number of anilines is 2. The zero-order chi connectivity index (χ0) is 16.4. The summed E-state index contributed by atoms with van der Waals surface area (Å²) in [6.07, 6.45) is 0. The van der Waals surface area contributed by atoms with Gasteiger partial charge in [0.15, 0.2) is 11.5 Å².